The van der Waals surface area contributed by atoms with E-state index in [-0.39, 0.29) is 23.4 Å². The molecule has 0 aromatic heterocycles. The number of carbonyl (C=O) groups excluding carboxylic acids is 2. The number of esters is 1. The number of nitrogens with one attached hydrogen (secondary N) is 1. The van der Waals surface area contributed by atoms with Crippen molar-refractivity contribution in [1.82, 2.24) is 0 Å². The van der Waals surface area contributed by atoms with Gasteiger partial charge in [0.25, 0.3) is 0 Å². The molecule has 2 aromatic carbocycles. The summed E-state index contributed by atoms with van der Waals surface area (Å²) in [5.74, 6) is -0.786. The van der Waals surface area contributed by atoms with Gasteiger partial charge in [0.05, 0.1) is 18.6 Å². The second-order valence-electron chi connectivity index (χ2n) is 7.76. The minimum Gasteiger partial charge on any atom is -0.490 e. The van der Waals surface area contributed by atoms with Crippen LogP contribution in [0.2, 0.25) is 0 Å². The van der Waals surface area contributed by atoms with Crippen LogP contribution >= 0.6 is 0 Å². The standard InChI is InChI=1S/C24H28FNO4/c1-4-16(2)30-21-12-11-17(15-18(21)22(27)29-3)26-23(28)24(13-7-8-14-24)19-9-5-6-10-20(19)25/h5-6,9-12,15-16H,4,7-8,13-14H2,1-3H3,(H,26,28). The number of anilines is 1. The second kappa shape index (κ2) is 9.28. The molecule has 160 valence electrons. The molecule has 5 nitrogen and oxygen atoms in total. The van der Waals surface area contributed by atoms with E-state index >= 15 is 0 Å². The highest BCUT2D eigenvalue weighted by Gasteiger charge is 2.44. The molecule has 1 saturated carbocycles. The number of hydrogen-bond donors (Lipinski definition) is 1. The number of amides is 1. The van der Waals surface area contributed by atoms with Crippen molar-refractivity contribution in [2.45, 2.75) is 57.5 Å². The van der Waals surface area contributed by atoms with E-state index in [9.17, 15) is 14.0 Å². The van der Waals surface area contributed by atoms with Crippen LogP contribution in [-0.4, -0.2) is 25.1 Å². The normalized spacial score (nSPS) is 16.0. The first-order valence-electron chi connectivity index (χ1n) is 10.4. The number of ether oxygens (including phenoxy) is 2. The van der Waals surface area contributed by atoms with Gasteiger partial charge in [0.2, 0.25) is 5.91 Å². The summed E-state index contributed by atoms with van der Waals surface area (Å²) in [5, 5.41) is 2.90. The molecule has 0 heterocycles. The summed E-state index contributed by atoms with van der Waals surface area (Å²) < 4.78 is 25.2. The largest absolute Gasteiger partial charge is 0.490 e. The van der Waals surface area contributed by atoms with Crippen molar-refractivity contribution in [2.24, 2.45) is 0 Å². The minimum atomic E-state index is -0.914. The first-order chi connectivity index (χ1) is 14.4. The van der Waals surface area contributed by atoms with Crippen LogP contribution in [0.25, 0.3) is 0 Å². The quantitative estimate of drug-likeness (QED) is 0.631. The number of carbonyl (C=O) groups is 2. The van der Waals surface area contributed by atoms with E-state index in [0.717, 1.165) is 19.3 Å². The molecule has 1 fully saturated rings. The van der Waals surface area contributed by atoms with Gasteiger partial charge in [0.1, 0.15) is 17.1 Å². The van der Waals surface area contributed by atoms with Crippen LogP contribution in [0.5, 0.6) is 5.75 Å². The van der Waals surface area contributed by atoms with E-state index in [1.165, 1.54) is 13.2 Å². The van der Waals surface area contributed by atoms with E-state index < -0.39 is 11.4 Å². The lowest BCUT2D eigenvalue weighted by Gasteiger charge is -2.29. The average molecular weight is 413 g/mol. The van der Waals surface area contributed by atoms with Crippen LogP contribution < -0.4 is 10.1 Å². The Morgan fingerprint density at radius 3 is 2.50 bits per heavy atom. The fourth-order valence-corrected chi connectivity index (χ4v) is 3.98. The van der Waals surface area contributed by atoms with E-state index in [1.54, 1.807) is 36.4 Å². The summed E-state index contributed by atoms with van der Waals surface area (Å²) >= 11 is 0. The lowest BCUT2D eigenvalue weighted by atomic mass is 9.77. The predicted molar refractivity (Wildman–Crippen MR) is 113 cm³/mol. The first kappa shape index (κ1) is 21.8. The van der Waals surface area contributed by atoms with E-state index in [0.29, 0.717) is 29.8 Å². The zero-order valence-corrected chi connectivity index (χ0v) is 17.7. The summed E-state index contributed by atoms with van der Waals surface area (Å²) in [4.78, 5) is 25.6. The van der Waals surface area contributed by atoms with Gasteiger partial charge < -0.3 is 14.8 Å². The maximum absolute atomic E-state index is 14.6. The lowest BCUT2D eigenvalue weighted by molar-refractivity contribution is -0.121. The van der Waals surface area contributed by atoms with Crippen molar-refractivity contribution >= 4 is 17.6 Å². The summed E-state index contributed by atoms with van der Waals surface area (Å²) in [7, 11) is 1.30. The molecule has 1 unspecified atom stereocenters. The molecule has 1 atom stereocenters. The fourth-order valence-electron chi connectivity index (χ4n) is 3.98. The molecule has 0 saturated heterocycles. The van der Waals surface area contributed by atoms with Crippen LogP contribution in [0.4, 0.5) is 10.1 Å². The Labute approximate surface area is 176 Å². The number of rotatable bonds is 7. The van der Waals surface area contributed by atoms with Crippen LogP contribution in [0.3, 0.4) is 0 Å². The van der Waals surface area contributed by atoms with Crippen molar-refractivity contribution in [3.05, 3.63) is 59.4 Å². The molecule has 30 heavy (non-hydrogen) atoms. The molecule has 6 heteroatoms. The SMILES string of the molecule is CCC(C)Oc1ccc(NC(=O)C2(c3ccccc3F)CCCC2)cc1C(=O)OC. The lowest BCUT2D eigenvalue weighted by Crippen LogP contribution is -2.38. The molecule has 1 N–H and O–H groups in total. The van der Waals surface area contributed by atoms with Gasteiger partial charge in [0, 0.05) is 11.3 Å². The smallest absolute Gasteiger partial charge is 0.341 e. The van der Waals surface area contributed by atoms with Gasteiger partial charge >= 0.3 is 5.97 Å². The van der Waals surface area contributed by atoms with Gasteiger partial charge in [-0.2, -0.15) is 0 Å². The van der Waals surface area contributed by atoms with Crippen molar-refractivity contribution in [3.8, 4) is 5.75 Å². The van der Waals surface area contributed by atoms with Gasteiger partial charge in [-0.05, 0) is 50.5 Å². The van der Waals surface area contributed by atoms with Crippen LogP contribution in [0, 0.1) is 5.82 Å². The van der Waals surface area contributed by atoms with Gasteiger partial charge in [-0.15, -0.1) is 0 Å². The number of halogens is 1. The summed E-state index contributed by atoms with van der Waals surface area (Å²) in [6.07, 6.45) is 3.59. The van der Waals surface area contributed by atoms with Crippen molar-refractivity contribution in [1.29, 1.82) is 0 Å². The molecule has 0 spiro atoms. The van der Waals surface area contributed by atoms with Crippen LogP contribution in [0.15, 0.2) is 42.5 Å². The molecule has 3 rings (SSSR count). The maximum Gasteiger partial charge on any atom is 0.341 e. The molecular formula is C24H28FNO4. The van der Waals surface area contributed by atoms with E-state index in [4.69, 9.17) is 9.47 Å². The Balaban J connectivity index is 1.92. The fraction of sp³-hybridized carbons (Fsp3) is 0.417. The summed E-state index contributed by atoms with van der Waals surface area (Å²) in [6, 6.07) is 11.3. The molecule has 2 aromatic rings. The third-order valence-electron chi connectivity index (χ3n) is 5.83. The minimum absolute atomic E-state index is 0.0725. The maximum atomic E-state index is 14.6. The third-order valence-corrected chi connectivity index (χ3v) is 5.83. The topological polar surface area (TPSA) is 64.6 Å². The molecular weight excluding hydrogens is 385 g/mol. The van der Waals surface area contributed by atoms with Gasteiger partial charge in [0.15, 0.2) is 0 Å². The Morgan fingerprint density at radius 2 is 1.87 bits per heavy atom. The Kier molecular flexibility index (Phi) is 6.75. The molecule has 1 aliphatic carbocycles. The summed E-state index contributed by atoms with van der Waals surface area (Å²) in [6.45, 7) is 3.90. The highest BCUT2D eigenvalue weighted by molar-refractivity contribution is 6.01. The monoisotopic (exact) mass is 413 g/mol. The molecule has 1 amide bonds. The van der Waals surface area contributed by atoms with E-state index in [2.05, 4.69) is 5.32 Å². The third kappa shape index (κ3) is 4.32. The average Bonchev–Trinajstić information content (AvgIpc) is 3.25. The number of hydrogen-bond acceptors (Lipinski definition) is 4. The Morgan fingerprint density at radius 1 is 1.17 bits per heavy atom. The van der Waals surface area contributed by atoms with Gasteiger partial charge in [-0.3, -0.25) is 4.79 Å². The van der Waals surface area contributed by atoms with Gasteiger partial charge in [-0.25, -0.2) is 9.18 Å². The van der Waals surface area contributed by atoms with E-state index in [1.807, 2.05) is 13.8 Å². The predicted octanol–water partition coefficient (Wildman–Crippen LogP) is 5.24. The number of benzene rings is 2. The summed E-state index contributed by atoms with van der Waals surface area (Å²) in [5.41, 5.74) is 0.189. The number of methoxy groups -OCH3 is 1. The second-order valence-corrected chi connectivity index (χ2v) is 7.76. The van der Waals surface area contributed by atoms with Crippen molar-refractivity contribution < 1.29 is 23.5 Å². The molecule has 0 radical (unpaired) electrons. The first-order valence-corrected chi connectivity index (χ1v) is 10.4. The van der Waals surface area contributed by atoms with Crippen molar-refractivity contribution in [3.63, 3.8) is 0 Å². The van der Waals surface area contributed by atoms with Gasteiger partial charge in [-0.1, -0.05) is 38.0 Å². The van der Waals surface area contributed by atoms with Crippen LogP contribution in [-0.2, 0) is 14.9 Å². The molecule has 0 aliphatic heterocycles. The molecule has 1 aliphatic rings. The zero-order valence-electron chi connectivity index (χ0n) is 17.7. The van der Waals surface area contributed by atoms with Crippen molar-refractivity contribution in [2.75, 3.05) is 12.4 Å². The Bertz CT molecular complexity index is 921. The highest BCUT2D eigenvalue weighted by atomic mass is 19.1. The zero-order chi connectivity index (χ0) is 21.7. The Hall–Kier alpha value is -2.89. The highest BCUT2D eigenvalue weighted by Crippen LogP contribution is 2.43. The van der Waals surface area contributed by atoms with Crippen LogP contribution in [0.1, 0.15) is 61.9 Å². The molecule has 0 bridgehead atoms.